The summed E-state index contributed by atoms with van der Waals surface area (Å²) in [6.07, 6.45) is 5.76. The molecule has 3 aliphatic carbocycles. The van der Waals surface area contributed by atoms with Gasteiger partial charge < -0.3 is 9.47 Å². The molecule has 5 nitrogen and oxygen atoms in total. The van der Waals surface area contributed by atoms with Crippen LogP contribution in [0.25, 0.3) is 5.57 Å². The number of hydrogen-bond donors (Lipinski definition) is 0. The zero-order valence-electron chi connectivity index (χ0n) is 21.7. The van der Waals surface area contributed by atoms with Crippen LogP contribution in [0.4, 0.5) is 0 Å². The zero-order chi connectivity index (χ0) is 25.2. The second kappa shape index (κ2) is 8.49. The Labute approximate surface area is 213 Å². The van der Waals surface area contributed by atoms with E-state index in [1.807, 2.05) is 38.1 Å². The first-order valence-electron chi connectivity index (χ1n) is 13.3. The summed E-state index contributed by atoms with van der Waals surface area (Å²) in [4.78, 5) is 16.5. The summed E-state index contributed by atoms with van der Waals surface area (Å²) in [5.74, 6) is 1.44. The van der Waals surface area contributed by atoms with Gasteiger partial charge in [0.2, 0.25) is 0 Å². The molecule has 4 aliphatic rings. The van der Waals surface area contributed by atoms with Crippen LogP contribution >= 0.6 is 0 Å². The molecule has 0 spiro atoms. The number of ketones is 1. The monoisotopic (exact) mass is 482 g/mol. The van der Waals surface area contributed by atoms with Crippen LogP contribution in [0, 0.1) is 11.3 Å². The lowest BCUT2D eigenvalue weighted by Crippen LogP contribution is -2.39. The minimum Gasteiger partial charge on any atom is -0.487 e. The van der Waals surface area contributed by atoms with Crippen LogP contribution in [-0.4, -0.2) is 42.0 Å². The number of nitrogens with zero attached hydrogens (tertiary/aromatic N) is 2. The standard InChI is InChI=1S/C31H34N2O3/c1-18(2)35-27-14-24-25(15-28(27)36-22-10-11-33(17-22)21-6-5-7-21)31(3,4)26-13-20-12-19(16-32)8-9-23(20)29(26)30(24)34/h8-9,12,14-15,18,21-22H,5-7,10-11,13,17H2,1-4H3/t22-/m1/s1. The smallest absolute Gasteiger partial charge is 0.194 e. The zero-order valence-corrected chi connectivity index (χ0v) is 21.7. The van der Waals surface area contributed by atoms with Crippen molar-refractivity contribution < 1.29 is 14.3 Å². The largest absolute Gasteiger partial charge is 0.487 e. The lowest BCUT2D eigenvalue weighted by molar-refractivity contribution is 0.104. The fourth-order valence-electron chi connectivity index (χ4n) is 6.40. The molecule has 0 aromatic heterocycles. The maximum atomic E-state index is 13.9. The number of Topliss-reactive ketones (excluding diaryl/α,β-unsaturated/α-hetero) is 1. The molecule has 0 N–H and O–H groups in total. The molecule has 186 valence electrons. The van der Waals surface area contributed by atoms with Gasteiger partial charge in [0.1, 0.15) is 6.10 Å². The van der Waals surface area contributed by atoms with Crippen molar-refractivity contribution in [3.63, 3.8) is 0 Å². The summed E-state index contributed by atoms with van der Waals surface area (Å²) in [6.45, 7) is 10.4. The summed E-state index contributed by atoms with van der Waals surface area (Å²) in [7, 11) is 0. The summed E-state index contributed by atoms with van der Waals surface area (Å²) in [5.41, 5.74) is 5.93. The van der Waals surface area contributed by atoms with Crippen LogP contribution in [0.2, 0.25) is 0 Å². The van der Waals surface area contributed by atoms with Crippen molar-refractivity contribution in [2.75, 3.05) is 13.1 Å². The molecule has 0 radical (unpaired) electrons. The van der Waals surface area contributed by atoms with E-state index in [-0.39, 0.29) is 23.4 Å². The van der Waals surface area contributed by atoms with Gasteiger partial charge >= 0.3 is 0 Å². The topological polar surface area (TPSA) is 62.6 Å². The molecule has 0 unspecified atom stereocenters. The average molecular weight is 483 g/mol. The Morgan fingerprint density at radius 1 is 1.08 bits per heavy atom. The highest BCUT2D eigenvalue weighted by Gasteiger charge is 2.44. The first-order valence-corrected chi connectivity index (χ1v) is 13.3. The van der Waals surface area contributed by atoms with E-state index in [0.717, 1.165) is 59.1 Å². The number of hydrogen-bond acceptors (Lipinski definition) is 5. The summed E-state index contributed by atoms with van der Waals surface area (Å²) in [6, 6.07) is 12.6. The highest BCUT2D eigenvalue weighted by atomic mass is 16.5. The maximum Gasteiger partial charge on any atom is 0.194 e. The fourth-order valence-corrected chi connectivity index (χ4v) is 6.40. The molecule has 1 aliphatic heterocycles. The Morgan fingerprint density at radius 3 is 2.58 bits per heavy atom. The van der Waals surface area contributed by atoms with Crippen LogP contribution < -0.4 is 9.47 Å². The minimum absolute atomic E-state index is 0.0291. The number of nitriles is 1. The molecule has 1 heterocycles. The molecule has 0 bridgehead atoms. The Bertz CT molecular complexity index is 1330. The summed E-state index contributed by atoms with van der Waals surface area (Å²) in [5, 5.41) is 9.38. The van der Waals surface area contributed by atoms with Gasteiger partial charge in [-0.2, -0.15) is 5.26 Å². The van der Waals surface area contributed by atoms with Crippen molar-refractivity contribution in [3.05, 3.63) is 63.7 Å². The van der Waals surface area contributed by atoms with E-state index in [4.69, 9.17) is 9.47 Å². The van der Waals surface area contributed by atoms with E-state index < -0.39 is 0 Å². The van der Waals surface area contributed by atoms with E-state index >= 15 is 0 Å². The van der Waals surface area contributed by atoms with Gasteiger partial charge in [0.15, 0.2) is 17.3 Å². The van der Waals surface area contributed by atoms with Gasteiger partial charge in [0, 0.05) is 35.7 Å². The van der Waals surface area contributed by atoms with Gasteiger partial charge in [0.25, 0.3) is 0 Å². The van der Waals surface area contributed by atoms with Crippen molar-refractivity contribution in [3.8, 4) is 17.6 Å². The first-order chi connectivity index (χ1) is 17.3. The second-order valence-electron chi connectivity index (χ2n) is 11.6. The van der Waals surface area contributed by atoms with Crippen LogP contribution in [0.3, 0.4) is 0 Å². The molecular formula is C31H34N2O3. The Morgan fingerprint density at radius 2 is 1.89 bits per heavy atom. The number of fused-ring (bicyclic) bond motifs is 3. The lowest BCUT2D eigenvalue weighted by atomic mass is 9.68. The normalized spacial score (nSPS) is 22.7. The van der Waals surface area contributed by atoms with Crippen LogP contribution in [0.1, 0.15) is 86.0 Å². The van der Waals surface area contributed by atoms with Gasteiger partial charge in [-0.3, -0.25) is 9.69 Å². The number of carbonyl (C=O) groups excluding carboxylic acids is 1. The van der Waals surface area contributed by atoms with E-state index in [2.05, 4.69) is 30.9 Å². The Hall–Kier alpha value is -3.10. The number of ether oxygens (including phenoxy) is 2. The van der Waals surface area contributed by atoms with Crippen molar-refractivity contribution in [2.24, 2.45) is 0 Å². The molecule has 5 heteroatoms. The molecule has 1 atom stereocenters. The quantitative estimate of drug-likeness (QED) is 0.536. The molecule has 2 aromatic carbocycles. The SMILES string of the molecule is CC(C)Oc1cc2c(cc1O[C@@H]1CCN(C3CCC3)C1)C(C)(C)C1=C(C2=O)c2ccc(C#N)cc2C1. The minimum atomic E-state index is -0.341. The molecule has 36 heavy (non-hydrogen) atoms. The van der Waals surface area contributed by atoms with Crippen LogP contribution in [-0.2, 0) is 11.8 Å². The lowest BCUT2D eigenvalue weighted by Gasteiger charge is -2.36. The predicted molar refractivity (Wildman–Crippen MR) is 140 cm³/mol. The van der Waals surface area contributed by atoms with Crippen molar-refractivity contribution in [1.29, 1.82) is 5.26 Å². The number of benzene rings is 2. The van der Waals surface area contributed by atoms with E-state index in [9.17, 15) is 10.1 Å². The molecule has 2 aromatic rings. The number of likely N-dealkylation sites (tertiary alicyclic amines) is 1. The first kappa shape index (κ1) is 23.3. The van der Waals surface area contributed by atoms with E-state index in [1.165, 1.54) is 19.3 Å². The number of carbonyl (C=O) groups is 1. The third-order valence-corrected chi connectivity index (χ3v) is 8.58. The third kappa shape index (κ3) is 3.66. The van der Waals surface area contributed by atoms with Crippen molar-refractivity contribution in [1.82, 2.24) is 4.90 Å². The van der Waals surface area contributed by atoms with Gasteiger partial charge in [-0.05, 0) is 86.1 Å². The Kier molecular flexibility index (Phi) is 5.50. The number of allylic oxidation sites excluding steroid dienone is 2. The van der Waals surface area contributed by atoms with Gasteiger partial charge in [-0.15, -0.1) is 0 Å². The second-order valence-corrected chi connectivity index (χ2v) is 11.6. The highest BCUT2D eigenvalue weighted by Crippen LogP contribution is 2.52. The molecular weight excluding hydrogens is 448 g/mol. The van der Waals surface area contributed by atoms with E-state index in [1.54, 1.807) is 0 Å². The van der Waals surface area contributed by atoms with Gasteiger partial charge in [-0.25, -0.2) is 0 Å². The van der Waals surface area contributed by atoms with Crippen LogP contribution in [0.5, 0.6) is 11.5 Å². The highest BCUT2D eigenvalue weighted by molar-refractivity contribution is 6.33. The van der Waals surface area contributed by atoms with Crippen molar-refractivity contribution in [2.45, 2.75) is 83.5 Å². The molecule has 1 saturated heterocycles. The predicted octanol–water partition coefficient (Wildman–Crippen LogP) is 5.83. The van der Waals surface area contributed by atoms with E-state index in [0.29, 0.717) is 23.3 Å². The summed E-state index contributed by atoms with van der Waals surface area (Å²) < 4.78 is 12.8. The summed E-state index contributed by atoms with van der Waals surface area (Å²) >= 11 is 0. The average Bonchev–Trinajstić information content (AvgIpc) is 3.41. The molecule has 6 rings (SSSR count). The van der Waals surface area contributed by atoms with Crippen molar-refractivity contribution >= 4 is 11.4 Å². The van der Waals surface area contributed by atoms with Gasteiger partial charge in [-0.1, -0.05) is 26.3 Å². The number of rotatable bonds is 5. The maximum absolute atomic E-state index is 13.9. The van der Waals surface area contributed by atoms with Gasteiger partial charge in [0.05, 0.1) is 17.7 Å². The van der Waals surface area contributed by atoms with Crippen LogP contribution in [0.15, 0.2) is 35.9 Å². The molecule has 1 saturated carbocycles. The molecule has 2 fully saturated rings. The Balaban J connectivity index is 1.38. The molecule has 0 amide bonds. The third-order valence-electron chi connectivity index (χ3n) is 8.58. The fraction of sp³-hybridized carbons (Fsp3) is 0.484.